The SMILES string of the molecule is CCOC(=O)C1CCNCC1.CC[C@@H]1C[C@H](N(Cc2cc(C(F)(F)F)cc(C(F)(F)F)c2)c2ncc(-c3cnn(C)c3)cn2)CN1c1nc(Cl)ncc1Cl.CC[C@@H]1C[C@H](N(Cc2cc(C(F)(F)F)cc(C(F)(F)F)c2)c2ncc(-c3cnn(C)c3)cn2)CN1c1nc(N2CCC(C(=O)O)CC2)ncc1Cl. The van der Waals surface area contributed by atoms with Gasteiger partial charge < -0.3 is 39.7 Å². The number of nitrogens with zero attached hydrogens (tertiary/aromatic N) is 17. The van der Waals surface area contributed by atoms with Crippen molar-refractivity contribution in [1.82, 2.24) is 64.7 Å². The molecule has 4 saturated heterocycles. The number of hydrogen-bond acceptors (Lipinski definition) is 19. The highest BCUT2D eigenvalue weighted by Gasteiger charge is 2.43. The zero-order valence-corrected chi connectivity index (χ0v) is 59.4. The van der Waals surface area contributed by atoms with Gasteiger partial charge in [0, 0.05) is 125 Å². The second-order valence-electron chi connectivity index (χ2n) is 25.7. The van der Waals surface area contributed by atoms with Crippen LogP contribution in [0.1, 0.15) is 106 Å². The molecule has 564 valence electrons. The van der Waals surface area contributed by atoms with Crippen molar-refractivity contribution in [3.63, 3.8) is 0 Å². The largest absolute Gasteiger partial charge is 0.481 e. The Bertz CT molecular complexity index is 4210. The van der Waals surface area contributed by atoms with Crippen LogP contribution in [0, 0.1) is 11.8 Å². The minimum absolute atomic E-state index is 0.0194. The lowest BCUT2D eigenvalue weighted by atomic mass is 9.97. The standard InChI is InChI=1S/C33H34ClF6N9O2.C27H24Cl2F6N8.C8H15NO2/c1-3-25-11-26(18-48(25)28-27(34)15-43-31(45-28)47-6-4-20(5-7-47)29(50)51)49(30-41-12-21(13-42-30)22-14-44-46(2)17-22)16-19-8-23(32(35,36)37)10-24(9-19)33(38,39)40;1-3-20-7-21(14-42(20)23-22(28)11-36-24(29)40-23)43(25-37-8-16(9-38-25)17-10-39-41(2)13-17)12-15-4-18(26(30,31)32)6-19(5-15)27(33,34)35;1-2-11-8(10)7-3-5-9-6-4-7/h8-10,12-15,17,20,25-26H,3-7,11,16,18H2,1-2H3,(H,50,51);4-6,8-11,13,20-21H,3,7,12,14H2,1-2H3;7,9H,2-6H2,1H3/t25-,26+;20-,21+;/m11./s1. The van der Waals surface area contributed by atoms with Crippen LogP contribution in [0.15, 0.2) is 98.4 Å². The number of esters is 1. The van der Waals surface area contributed by atoms with E-state index in [-0.39, 0.29) is 101 Å². The lowest BCUT2D eigenvalue weighted by Crippen LogP contribution is -2.39. The van der Waals surface area contributed by atoms with Crippen LogP contribution in [-0.4, -0.2) is 147 Å². The number of benzene rings is 2. The Hall–Kier alpha value is -8.89. The monoisotopic (exact) mass is 1540 g/mol. The fraction of sp³-hybridized carbons (Fsp3) is 0.471. The molecule has 0 amide bonds. The second-order valence-corrected chi connectivity index (χ2v) is 26.8. The molecule has 6 aromatic heterocycles. The number of halogens is 15. The van der Waals surface area contributed by atoms with E-state index in [1.807, 2.05) is 35.5 Å². The molecule has 37 heteroatoms. The van der Waals surface area contributed by atoms with Gasteiger partial charge in [-0.25, -0.2) is 29.9 Å². The number of ether oxygens (including phenoxy) is 1. The quantitative estimate of drug-likeness (QED) is 0.0462. The molecular weight excluding hydrogens is 1470 g/mol. The normalized spacial score (nSPS) is 18.3. The highest BCUT2D eigenvalue weighted by atomic mass is 35.5. The Morgan fingerprint density at radius 2 is 0.952 bits per heavy atom. The number of carbonyl (C=O) groups excluding carboxylic acids is 1. The fourth-order valence-corrected chi connectivity index (χ4v) is 13.7. The Kier molecular flexibility index (Phi) is 24.9. The summed E-state index contributed by atoms with van der Waals surface area (Å²) in [5.74, 6) is 0.258. The van der Waals surface area contributed by atoms with Crippen molar-refractivity contribution >= 4 is 76.2 Å². The molecule has 8 aromatic rings. The third kappa shape index (κ3) is 19.8. The number of aliphatic carboxylic acids is 1. The summed E-state index contributed by atoms with van der Waals surface area (Å²) < 4.78 is 173. The van der Waals surface area contributed by atoms with Crippen LogP contribution >= 0.6 is 34.8 Å². The van der Waals surface area contributed by atoms with E-state index in [9.17, 15) is 67.4 Å². The summed E-state index contributed by atoms with van der Waals surface area (Å²) in [5, 5.41) is 21.4. The molecule has 0 bridgehead atoms. The highest BCUT2D eigenvalue weighted by Crippen LogP contribution is 2.42. The Morgan fingerprint density at radius 3 is 1.32 bits per heavy atom. The molecule has 4 fully saturated rings. The summed E-state index contributed by atoms with van der Waals surface area (Å²) in [7, 11) is 3.49. The van der Waals surface area contributed by atoms with Gasteiger partial charge in [-0.05, 0) is 131 Å². The maximum atomic E-state index is 13.8. The van der Waals surface area contributed by atoms with Gasteiger partial charge in [-0.3, -0.25) is 19.0 Å². The van der Waals surface area contributed by atoms with Gasteiger partial charge in [0.1, 0.15) is 10.0 Å². The molecule has 0 saturated carbocycles. The molecule has 0 radical (unpaired) electrons. The molecular formula is C68H73Cl3F12N18O4. The van der Waals surface area contributed by atoms with E-state index in [1.54, 1.807) is 58.0 Å². The summed E-state index contributed by atoms with van der Waals surface area (Å²) in [6.45, 7) is 8.86. The number of aryl methyl sites for hydroxylation is 2. The van der Waals surface area contributed by atoms with Crippen molar-refractivity contribution in [3.05, 3.63) is 147 Å². The van der Waals surface area contributed by atoms with Gasteiger partial charge >= 0.3 is 36.6 Å². The van der Waals surface area contributed by atoms with Gasteiger partial charge in [0.2, 0.25) is 23.1 Å². The van der Waals surface area contributed by atoms with Crippen LogP contribution in [0.3, 0.4) is 0 Å². The van der Waals surface area contributed by atoms with Gasteiger partial charge in [-0.2, -0.15) is 72.9 Å². The summed E-state index contributed by atoms with van der Waals surface area (Å²) >= 11 is 19.1. The molecule has 4 aliphatic rings. The summed E-state index contributed by atoms with van der Waals surface area (Å²) in [4.78, 5) is 66.9. The first-order valence-electron chi connectivity index (χ1n) is 33.5. The number of rotatable bonds is 18. The van der Waals surface area contributed by atoms with Crippen LogP contribution in [0.25, 0.3) is 22.3 Å². The van der Waals surface area contributed by atoms with E-state index in [0.29, 0.717) is 86.9 Å². The minimum Gasteiger partial charge on any atom is -0.481 e. The molecule has 22 nitrogen and oxygen atoms in total. The first kappa shape index (κ1) is 78.7. The summed E-state index contributed by atoms with van der Waals surface area (Å²) in [6.07, 6.45) is 0.624. The number of alkyl halides is 12. The van der Waals surface area contributed by atoms with Gasteiger partial charge in [0.05, 0.1) is 77.6 Å². The predicted octanol–water partition coefficient (Wildman–Crippen LogP) is 14.3. The third-order valence-electron chi connectivity index (χ3n) is 18.5. The number of carboxylic acid groups (broad SMARTS) is 1. The Morgan fingerprint density at radius 1 is 0.543 bits per heavy atom. The van der Waals surface area contributed by atoms with Crippen LogP contribution in [0.2, 0.25) is 15.3 Å². The molecule has 4 aliphatic heterocycles. The van der Waals surface area contributed by atoms with Crippen molar-refractivity contribution in [1.29, 1.82) is 0 Å². The van der Waals surface area contributed by atoms with Crippen molar-refractivity contribution < 1.29 is 72.1 Å². The number of nitrogens with one attached hydrogen (secondary N) is 1. The molecule has 2 N–H and O–H groups in total. The zero-order valence-electron chi connectivity index (χ0n) is 57.2. The topological polar surface area (TPSA) is 231 Å². The van der Waals surface area contributed by atoms with Crippen LogP contribution < -0.4 is 29.8 Å². The van der Waals surface area contributed by atoms with Crippen molar-refractivity contribution in [3.8, 4) is 22.3 Å². The smallest absolute Gasteiger partial charge is 0.416 e. The third-order valence-corrected chi connectivity index (χ3v) is 19.2. The number of piperidine rings is 2. The molecule has 105 heavy (non-hydrogen) atoms. The lowest BCUT2D eigenvalue weighted by Gasteiger charge is -2.32. The Labute approximate surface area is 610 Å². The number of hydrogen-bond donors (Lipinski definition) is 2. The molecule has 0 aliphatic carbocycles. The average molecular weight is 1540 g/mol. The van der Waals surface area contributed by atoms with Crippen LogP contribution in [-0.2, 0) is 66.2 Å². The maximum absolute atomic E-state index is 13.8. The number of aromatic nitrogens is 12. The van der Waals surface area contributed by atoms with E-state index in [1.165, 1.54) is 37.2 Å². The molecule has 0 spiro atoms. The molecule has 12 rings (SSSR count). The van der Waals surface area contributed by atoms with Gasteiger partial charge in [0.15, 0.2) is 11.6 Å². The fourth-order valence-electron chi connectivity index (χ4n) is 13.1. The maximum Gasteiger partial charge on any atom is 0.416 e. The van der Waals surface area contributed by atoms with Crippen LogP contribution in [0.5, 0.6) is 0 Å². The number of carbonyl (C=O) groups is 2. The Balaban J connectivity index is 0.000000198. The van der Waals surface area contributed by atoms with Gasteiger partial charge in [0.25, 0.3) is 0 Å². The van der Waals surface area contributed by atoms with Crippen molar-refractivity contribution in [2.24, 2.45) is 25.9 Å². The molecule has 0 unspecified atom stereocenters. The second kappa shape index (κ2) is 33.3. The first-order valence-corrected chi connectivity index (χ1v) is 34.6. The molecule has 2 aromatic carbocycles. The highest BCUT2D eigenvalue weighted by molar-refractivity contribution is 6.33. The van der Waals surface area contributed by atoms with Gasteiger partial charge in [-0.1, -0.05) is 37.0 Å². The predicted molar refractivity (Wildman–Crippen MR) is 367 cm³/mol. The summed E-state index contributed by atoms with van der Waals surface area (Å²) in [5.41, 5.74) is -3.30. The van der Waals surface area contributed by atoms with E-state index >= 15 is 0 Å². The number of anilines is 5. The van der Waals surface area contributed by atoms with E-state index in [0.717, 1.165) is 61.3 Å². The van der Waals surface area contributed by atoms with Gasteiger partial charge in [-0.15, -0.1) is 0 Å². The molecule has 10 heterocycles. The van der Waals surface area contributed by atoms with E-state index in [4.69, 9.17) is 44.5 Å². The minimum atomic E-state index is -5.01. The summed E-state index contributed by atoms with van der Waals surface area (Å²) in [6, 6.07) is 1.87. The zero-order chi connectivity index (χ0) is 75.9. The van der Waals surface area contributed by atoms with Crippen LogP contribution in [0.4, 0.5) is 82.2 Å². The van der Waals surface area contributed by atoms with E-state index in [2.05, 4.69) is 50.4 Å². The lowest BCUT2D eigenvalue weighted by molar-refractivity contribution is -0.149. The average Bonchev–Trinajstić information content (AvgIpc) is 1.75. The molecule has 4 atom stereocenters. The van der Waals surface area contributed by atoms with Crippen molar-refractivity contribution in [2.45, 2.75) is 134 Å². The van der Waals surface area contributed by atoms with Crippen molar-refractivity contribution in [2.75, 3.05) is 70.4 Å². The number of carboxylic acids is 1. The first-order chi connectivity index (χ1) is 49.7. The van der Waals surface area contributed by atoms with E-state index < -0.39 is 70.9 Å².